The lowest BCUT2D eigenvalue weighted by Gasteiger charge is -2.14. The Morgan fingerprint density at radius 2 is 2.14 bits per heavy atom. The van der Waals surface area contributed by atoms with Gasteiger partial charge in [-0.05, 0) is 0 Å². The summed E-state index contributed by atoms with van der Waals surface area (Å²) in [5.41, 5.74) is -1.23. The average Bonchev–Trinajstić information content (AvgIpc) is 3.20. The molecule has 2 aliphatic rings. The lowest BCUT2D eigenvalue weighted by atomic mass is 10.2. The molecular formula is C15H19FN6O6. The Morgan fingerprint density at radius 1 is 1.36 bits per heavy atom. The summed E-state index contributed by atoms with van der Waals surface area (Å²) in [5, 5.41) is 31.6. The van der Waals surface area contributed by atoms with Gasteiger partial charge in [0.25, 0.3) is 5.56 Å². The second kappa shape index (κ2) is 8.43. The molecule has 0 unspecified atom stereocenters. The molecule has 0 spiro atoms. The Kier molecular flexibility index (Phi) is 5.99. The Hall–Kier alpha value is -2.87. The van der Waals surface area contributed by atoms with Crippen molar-refractivity contribution in [2.45, 2.75) is 31.0 Å². The summed E-state index contributed by atoms with van der Waals surface area (Å²) in [6, 6.07) is 0. The minimum absolute atomic E-state index is 0.234. The van der Waals surface area contributed by atoms with Gasteiger partial charge >= 0.3 is 5.69 Å². The number of β-amino-alcohol motifs (C(OH)–C–C–N with tert-alkyl or cyclic N) is 1. The summed E-state index contributed by atoms with van der Waals surface area (Å²) in [6.45, 7) is 0.114. The highest BCUT2D eigenvalue weighted by Crippen LogP contribution is 2.35. The van der Waals surface area contributed by atoms with Crippen molar-refractivity contribution >= 4 is 12.2 Å². The van der Waals surface area contributed by atoms with Gasteiger partial charge in [0, 0.05) is 19.2 Å². The third kappa shape index (κ3) is 4.17. The van der Waals surface area contributed by atoms with Gasteiger partial charge in [-0.15, -0.1) is 0 Å². The molecule has 4 atom stereocenters. The van der Waals surface area contributed by atoms with Crippen LogP contribution in [0.15, 0.2) is 27.1 Å². The van der Waals surface area contributed by atoms with Crippen LogP contribution in [0.1, 0.15) is 24.4 Å². The van der Waals surface area contributed by atoms with Crippen molar-refractivity contribution in [3.63, 3.8) is 0 Å². The molecule has 0 saturated carbocycles. The SMILES string of the molecule is O=c1[nH]cc(F)c(=O)[nH]1.OC[C@H]1O[C@@H](n2cnc3c2N=CNC[C@H]3O)C[C@@H]1O. The van der Waals surface area contributed by atoms with Crippen LogP contribution in [0.5, 0.6) is 0 Å². The van der Waals surface area contributed by atoms with Gasteiger partial charge in [-0.2, -0.15) is 4.39 Å². The molecule has 2 aliphatic heterocycles. The minimum atomic E-state index is -1.00. The molecule has 12 nitrogen and oxygen atoms in total. The molecule has 152 valence electrons. The number of halogens is 1. The molecule has 0 amide bonds. The molecule has 0 radical (unpaired) electrons. The fraction of sp³-hybridized carbons (Fsp3) is 0.467. The zero-order valence-corrected chi connectivity index (χ0v) is 14.4. The van der Waals surface area contributed by atoms with Gasteiger partial charge in [-0.1, -0.05) is 0 Å². The maximum absolute atomic E-state index is 12.0. The van der Waals surface area contributed by atoms with Crippen LogP contribution in [-0.2, 0) is 4.74 Å². The molecule has 0 aliphatic carbocycles. The maximum Gasteiger partial charge on any atom is 0.325 e. The van der Waals surface area contributed by atoms with Gasteiger partial charge in [0.05, 0.1) is 25.4 Å². The molecule has 2 aromatic rings. The van der Waals surface area contributed by atoms with Gasteiger partial charge in [0.2, 0.25) is 5.82 Å². The van der Waals surface area contributed by atoms with Crippen molar-refractivity contribution in [1.82, 2.24) is 24.8 Å². The molecule has 6 N–H and O–H groups in total. The highest BCUT2D eigenvalue weighted by atomic mass is 19.1. The number of aromatic nitrogens is 4. The van der Waals surface area contributed by atoms with E-state index in [0.29, 0.717) is 30.7 Å². The molecule has 0 bridgehead atoms. The predicted molar refractivity (Wildman–Crippen MR) is 92.6 cm³/mol. The zero-order chi connectivity index (χ0) is 20.3. The molecule has 4 rings (SSSR count). The third-order valence-corrected chi connectivity index (χ3v) is 4.17. The number of H-pyrrole nitrogens is 2. The van der Waals surface area contributed by atoms with E-state index in [9.17, 15) is 24.2 Å². The number of nitrogens with zero attached hydrogens (tertiary/aromatic N) is 3. The first-order valence-electron chi connectivity index (χ1n) is 8.33. The third-order valence-electron chi connectivity index (χ3n) is 4.17. The van der Waals surface area contributed by atoms with E-state index in [1.54, 1.807) is 9.55 Å². The first-order chi connectivity index (χ1) is 13.4. The first kappa shape index (κ1) is 19.9. The van der Waals surface area contributed by atoms with Crippen molar-refractivity contribution in [2.24, 2.45) is 4.99 Å². The molecule has 1 saturated heterocycles. The molecule has 28 heavy (non-hydrogen) atoms. The quantitative estimate of drug-likeness (QED) is 0.337. The van der Waals surface area contributed by atoms with Crippen molar-refractivity contribution in [3.05, 3.63) is 44.9 Å². The van der Waals surface area contributed by atoms with E-state index >= 15 is 0 Å². The van der Waals surface area contributed by atoms with Gasteiger partial charge in [0.1, 0.15) is 24.1 Å². The van der Waals surface area contributed by atoms with Crippen molar-refractivity contribution < 1.29 is 24.4 Å². The van der Waals surface area contributed by atoms with Crippen LogP contribution < -0.4 is 16.6 Å². The Bertz CT molecular complexity index is 955. The Labute approximate surface area is 156 Å². The maximum atomic E-state index is 12.0. The van der Waals surface area contributed by atoms with Gasteiger partial charge in [-0.3, -0.25) is 14.3 Å². The van der Waals surface area contributed by atoms with Crippen LogP contribution in [0.3, 0.4) is 0 Å². The highest BCUT2D eigenvalue weighted by molar-refractivity contribution is 5.62. The summed E-state index contributed by atoms with van der Waals surface area (Å²) in [5.74, 6) is -0.483. The average molecular weight is 398 g/mol. The largest absolute Gasteiger partial charge is 0.394 e. The number of hydrogen-bond donors (Lipinski definition) is 6. The molecule has 2 aromatic heterocycles. The smallest absolute Gasteiger partial charge is 0.325 e. The van der Waals surface area contributed by atoms with Crippen LogP contribution in [0.25, 0.3) is 0 Å². The number of aliphatic hydroxyl groups excluding tert-OH is 3. The number of aliphatic imine (C=N–C) groups is 1. The number of fused-ring (bicyclic) bond motifs is 1. The Morgan fingerprint density at radius 3 is 2.79 bits per heavy atom. The van der Waals surface area contributed by atoms with Crippen LogP contribution in [0.2, 0.25) is 0 Å². The molecule has 0 aromatic carbocycles. The van der Waals surface area contributed by atoms with E-state index < -0.39 is 41.6 Å². The predicted octanol–water partition coefficient (Wildman–Crippen LogP) is -1.98. The number of aliphatic hydroxyl groups is 3. The second-order valence-electron chi connectivity index (χ2n) is 6.08. The van der Waals surface area contributed by atoms with E-state index in [2.05, 4.69) is 15.3 Å². The van der Waals surface area contributed by atoms with Gasteiger partial charge in [0.15, 0.2) is 5.82 Å². The van der Waals surface area contributed by atoms with Gasteiger partial charge < -0.3 is 30.4 Å². The normalized spacial score (nSPS) is 26.0. The van der Waals surface area contributed by atoms with E-state index in [1.807, 2.05) is 4.98 Å². The van der Waals surface area contributed by atoms with E-state index in [0.717, 1.165) is 0 Å². The molecule has 4 heterocycles. The highest BCUT2D eigenvalue weighted by Gasteiger charge is 2.36. The summed E-state index contributed by atoms with van der Waals surface area (Å²) in [6.07, 6.45) is 1.61. The van der Waals surface area contributed by atoms with Crippen LogP contribution in [-0.4, -0.2) is 66.5 Å². The lowest BCUT2D eigenvalue weighted by molar-refractivity contribution is -0.0438. The van der Waals surface area contributed by atoms with Crippen molar-refractivity contribution in [2.75, 3.05) is 13.2 Å². The molecule has 13 heteroatoms. The van der Waals surface area contributed by atoms with Crippen molar-refractivity contribution in [1.29, 1.82) is 0 Å². The van der Waals surface area contributed by atoms with Gasteiger partial charge in [-0.25, -0.2) is 14.8 Å². The fourth-order valence-electron chi connectivity index (χ4n) is 2.76. The second-order valence-corrected chi connectivity index (χ2v) is 6.08. The summed E-state index contributed by atoms with van der Waals surface area (Å²) >= 11 is 0. The van der Waals surface area contributed by atoms with Crippen molar-refractivity contribution in [3.8, 4) is 0 Å². The number of hydrogen-bond acceptors (Lipinski definition) is 9. The number of rotatable bonds is 2. The number of imidazole rings is 1. The summed E-state index contributed by atoms with van der Waals surface area (Å²) < 4.78 is 19.2. The zero-order valence-electron chi connectivity index (χ0n) is 14.4. The number of nitrogens with one attached hydrogen (secondary N) is 3. The lowest BCUT2D eigenvalue weighted by Crippen LogP contribution is -2.24. The summed E-state index contributed by atoms with van der Waals surface area (Å²) in [7, 11) is 0. The van der Waals surface area contributed by atoms with Crippen LogP contribution in [0, 0.1) is 5.82 Å². The standard InChI is InChI=1S/C11H16N4O4.C4H3FN2O2/c16-3-8-6(17)1-9(19-8)15-5-14-10-7(18)2-12-4-13-11(10)15;5-2-1-6-4(9)7-3(2)8/h4-9,16-18H,1-3H2,(H,12,13);1H,(H2,6,7,8,9)/t6-,7+,8+,9+;/m0./s1. The number of ether oxygens (including phenoxy) is 1. The van der Waals surface area contributed by atoms with E-state index in [4.69, 9.17) is 9.84 Å². The fourth-order valence-corrected chi connectivity index (χ4v) is 2.76. The molecule has 1 fully saturated rings. The number of aromatic amines is 2. The van der Waals surface area contributed by atoms with Crippen LogP contribution >= 0.6 is 0 Å². The monoisotopic (exact) mass is 398 g/mol. The first-order valence-corrected chi connectivity index (χ1v) is 8.33. The Balaban J connectivity index is 0.000000211. The van der Waals surface area contributed by atoms with Crippen LogP contribution in [0.4, 0.5) is 10.2 Å². The minimum Gasteiger partial charge on any atom is -0.394 e. The molecular weight excluding hydrogens is 379 g/mol. The summed E-state index contributed by atoms with van der Waals surface area (Å²) in [4.78, 5) is 32.4. The van der Waals surface area contributed by atoms with E-state index in [-0.39, 0.29) is 6.61 Å². The van der Waals surface area contributed by atoms with E-state index in [1.165, 1.54) is 12.7 Å². The topological polar surface area (TPSA) is 178 Å².